The number of carboxylic acid groups (broad SMARTS) is 1. The number of aliphatic hydroxyl groups is 4. The molecular formula is C20H32O6. The summed E-state index contributed by atoms with van der Waals surface area (Å²) in [5.41, 5.74) is 0.0402. The first-order valence-electron chi connectivity index (χ1n) is 9.30. The number of hydrogen-bond acceptors (Lipinski definition) is 5. The van der Waals surface area contributed by atoms with Crippen LogP contribution in [-0.4, -0.2) is 56.9 Å². The van der Waals surface area contributed by atoms with E-state index in [1.807, 2.05) is 6.92 Å². The van der Waals surface area contributed by atoms with Crippen molar-refractivity contribution >= 4 is 5.97 Å². The average Bonchev–Trinajstić information content (AvgIpc) is 2.60. The maximum atomic E-state index is 11.4. The summed E-state index contributed by atoms with van der Waals surface area (Å²) < 4.78 is 0. The summed E-state index contributed by atoms with van der Waals surface area (Å²) in [6, 6.07) is 0. The second-order valence-corrected chi connectivity index (χ2v) is 8.43. The van der Waals surface area contributed by atoms with Gasteiger partial charge < -0.3 is 25.5 Å². The molecule has 2 aliphatic rings. The third-order valence-electron chi connectivity index (χ3n) is 7.05. The van der Waals surface area contributed by atoms with Crippen LogP contribution in [0.4, 0.5) is 0 Å². The first-order valence-corrected chi connectivity index (χ1v) is 9.30. The van der Waals surface area contributed by atoms with E-state index in [-0.39, 0.29) is 29.4 Å². The van der Waals surface area contributed by atoms with Crippen LogP contribution in [0.1, 0.15) is 46.0 Å². The zero-order valence-electron chi connectivity index (χ0n) is 15.7. The molecule has 26 heavy (non-hydrogen) atoms. The normalized spacial score (nSPS) is 39.4. The van der Waals surface area contributed by atoms with E-state index in [4.69, 9.17) is 5.11 Å². The lowest BCUT2D eigenvalue weighted by Gasteiger charge is -2.59. The fourth-order valence-electron chi connectivity index (χ4n) is 5.34. The molecule has 2 aliphatic carbocycles. The second-order valence-electron chi connectivity index (χ2n) is 8.43. The molecular weight excluding hydrogens is 336 g/mol. The van der Waals surface area contributed by atoms with Gasteiger partial charge >= 0.3 is 5.97 Å². The van der Waals surface area contributed by atoms with Gasteiger partial charge in [0.05, 0.1) is 24.9 Å². The zero-order valence-corrected chi connectivity index (χ0v) is 15.7. The van der Waals surface area contributed by atoms with Crippen LogP contribution in [0, 0.1) is 22.7 Å². The Labute approximate surface area is 154 Å². The molecule has 2 rings (SSSR count). The fraction of sp³-hybridized carbons (Fsp3) is 0.750. The van der Waals surface area contributed by atoms with E-state index in [0.29, 0.717) is 12.8 Å². The predicted molar refractivity (Wildman–Crippen MR) is 97.3 cm³/mol. The van der Waals surface area contributed by atoms with Crippen molar-refractivity contribution in [2.45, 2.75) is 58.2 Å². The average molecular weight is 368 g/mol. The van der Waals surface area contributed by atoms with E-state index in [9.17, 15) is 25.2 Å². The molecule has 0 spiro atoms. The molecule has 0 amide bonds. The van der Waals surface area contributed by atoms with Gasteiger partial charge in [0, 0.05) is 5.41 Å². The molecule has 6 nitrogen and oxygen atoms in total. The number of rotatable bonds is 6. The Morgan fingerprint density at radius 1 is 1.35 bits per heavy atom. The Bertz CT molecular complexity index is 585. The Morgan fingerprint density at radius 2 is 2.00 bits per heavy atom. The summed E-state index contributed by atoms with van der Waals surface area (Å²) in [5, 5.41) is 48.6. The number of carboxylic acids is 1. The molecule has 0 radical (unpaired) electrons. The van der Waals surface area contributed by atoms with Crippen LogP contribution in [0.2, 0.25) is 0 Å². The molecule has 0 saturated heterocycles. The molecule has 0 aliphatic heterocycles. The minimum Gasteiger partial charge on any atom is -0.478 e. The van der Waals surface area contributed by atoms with E-state index in [1.54, 1.807) is 0 Å². The lowest BCUT2D eigenvalue weighted by Crippen LogP contribution is -2.57. The number of carbonyl (C=O) groups is 1. The molecule has 2 fully saturated rings. The maximum Gasteiger partial charge on any atom is 0.333 e. The molecule has 5 N–H and O–H groups in total. The summed E-state index contributed by atoms with van der Waals surface area (Å²) in [7, 11) is 0. The highest BCUT2D eigenvalue weighted by Gasteiger charge is 2.57. The van der Waals surface area contributed by atoms with Crippen LogP contribution in [-0.2, 0) is 4.79 Å². The third kappa shape index (κ3) is 3.48. The van der Waals surface area contributed by atoms with Gasteiger partial charge in [0.2, 0.25) is 0 Å². The van der Waals surface area contributed by atoms with Gasteiger partial charge in [-0.2, -0.15) is 0 Å². The molecule has 0 bridgehead atoms. The number of aliphatic hydroxyl groups excluding tert-OH is 4. The summed E-state index contributed by atoms with van der Waals surface area (Å²) >= 11 is 0. The van der Waals surface area contributed by atoms with Crippen molar-refractivity contribution < 1.29 is 30.3 Å². The highest BCUT2D eigenvalue weighted by molar-refractivity contribution is 5.87. The van der Waals surface area contributed by atoms with E-state index in [1.165, 1.54) is 6.08 Å². The van der Waals surface area contributed by atoms with Crippen molar-refractivity contribution in [2.75, 3.05) is 13.2 Å². The van der Waals surface area contributed by atoms with Crippen LogP contribution in [0.25, 0.3) is 0 Å². The van der Waals surface area contributed by atoms with E-state index < -0.39 is 30.2 Å². The quantitative estimate of drug-likeness (QED) is 0.358. The molecule has 2 saturated carbocycles. The number of fused-ring (bicyclic) bond motifs is 1. The zero-order chi connectivity index (χ0) is 19.7. The van der Waals surface area contributed by atoms with Crippen molar-refractivity contribution in [3.8, 4) is 0 Å². The molecule has 6 atom stereocenters. The van der Waals surface area contributed by atoms with Crippen molar-refractivity contribution in [2.24, 2.45) is 22.7 Å². The summed E-state index contributed by atoms with van der Waals surface area (Å²) in [5.74, 6) is -1.14. The molecule has 0 unspecified atom stereocenters. The standard InChI is InChI=1S/C20H32O6/c1-12-4-7-16-19(2,9-8-17(24)20(16,3)11-22)14(12)6-5-13(18(25)26)15(23)10-21/h5,14-17,21-24H,1,4,6-11H2,2-3H3,(H,25,26)/b13-5+/t14-,15+,16+,17+,19+,20+/m1/s1. The van der Waals surface area contributed by atoms with Crippen LogP contribution < -0.4 is 0 Å². The predicted octanol–water partition coefficient (Wildman–Crippen LogP) is 1.48. The fourth-order valence-corrected chi connectivity index (χ4v) is 5.34. The lowest BCUT2D eigenvalue weighted by atomic mass is 9.46. The van der Waals surface area contributed by atoms with Crippen molar-refractivity contribution in [1.82, 2.24) is 0 Å². The van der Waals surface area contributed by atoms with Gasteiger partial charge in [0.15, 0.2) is 0 Å². The van der Waals surface area contributed by atoms with Gasteiger partial charge in [-0.3, -0.25) is 0 Å². The molecule has 0 aromatic heterocycles. The number of hydrogen-bond donors (Lipinski definition) is 5. The van der Waals surface area contributed by atoms with Crippen molar-refractivity contribution in [1.29, 1.82) is 0 Å². The Kier molecular flexibility index (Phi) is 6.33. The Balaban J connectivity index is 2.35. The molecule has 0 aromatic rings. The molecule has 0 heterocycles. The van der Waals surface area contributed by atoms with Gasteiger partial charge in [-0.1, -0.05) is 32.1 Å². The molecule has 148 valence electrons. The topological polar surface area (TPSA) is 118 Å². The minimum absolute atomic E-state index is 0.000122. The Hall–Kier alpha value is -1.21. The first kappa shape index (κ1) is 21.1. The first-order chi connectivity index (χ1) is 12.1. The van der Waals surface area contributed by atoms with Gasteiger partial charge in [0.1, 0.15) is 6.10 Å². The summed E-state index contributed by atoms with van der Waals surface area (Å²) in [6.07, 6.45) is 2.90. The lowest BCUT2D eigenvalue weighted by molar-refractivity contribution is -0.151. The number of aliphatic carboxylic acids is 1. The highest BCUT2D eigenvalue weighted by atomic mass is 16.4. The largest absolute Gasteiger partial charge is 0.478 e. The van der Waals surface area contributed by atoms with Crippen molar-refractivity contribution in [3.63, 3.8) is 0 Å². The van der Waals surface area contributed by atoms with Crippen LogP contribution in [0.5, 0.6) is 0 Å². The monoisotopic (exact) mass is 368 g/mol. The van der Waals surface area contributed by atoms with Crippen LogP contribution in [0.3, 0.4) is 0 Å². The minimum atomic E-state index is -1.41. The van der Waals surface area contributed by atoms with E-state index in [0.717, 1.165) is 24.8 Å². The van der Waals surface area contributed by atoms with Gasteiger partial charge in [-0.15, -0.1) is 0 Å². The van der Waals surface area contributed by atoms with Gasteiger partial charge in [0.25, 0.3) is 0 Å². The van der Waals surface area contributed by atoms with Gasteiger partial charge in [-0.05, 0) is 49.4 Å². The summed E-state index contributed by atoms with van der Waals surface area (Å²) in [4.78, 5) is 11.4. The SMILES string of the molecule is C=C1CC[C@@H]2[C@](C)(CO)[C@@H](O)CC[C@@]2(C)[C@@H]1C/C=C(/C(=O)O)[C@@H](O)CO. The third-order valence-corrected chi connectivity index (χ3v) is 7.05. The van der Waals surface area contributed by atoms with Crippen LogP contribution >= 0.6 is 0 Å². The van der Waals surface area contributed by atoms with Crippen molar-refractivity contribution in [3.05, 3.63) is 23.8 Å². The second kappa shape index (κ2) is 7.80. The van der Waals surface area contributed by atoms with E-state index >= 15 is 0 Å². The highest BCUT2D eigenvalue weighted by Crippen LogP contribution is 2.61. The van der Waals surface area contributed by atoms with E-state index in [2.05, 4.69) is 13.5 Å². The van der Waals surface area contributed by atoms with Gasteiger partial charge in [-0.25, -0.2) is 4.79 Å². The summed E-state index contributed by atoms with van der Waals surface area (Å²) in [6.45, 7) is 7.54. The smallest absolute Gasteiger partial charge is 0.333 e. The molecule has 6 heteroatoms. The maximum absolute atomic E-state index is 11.4. The Morgan fingerprint density at radius 3 is 2.54 bits per heavy atom. The number of allylic oxidation sites excluding steroid dienone is 2. The van der Waals surface area contributed by atoms with Crippen LogP contribution in [0.15, 0.2) is 23.8 Å². The molecule has 0 aromatic carbocycles.